The highest BCUT2D eigenvalue weighted by molar-refractivity contribution is 7.17. The Kier molecular flexibility index (Phi) is 3.88. The van der Waals surface area contributed by atoms with Gasteiger partial charge in [0.05, 0.1) is 23.8 Å². The number of nitrogens with zero attached hydrogens (tertiary/aromatic N) is 5. The average Bonchev–Trinajstić information content (AvgIpc) is 3.08. The van der Waals surface area contributed by atoms with E-state index in [1.807, 2.05) is 4.40 Å². The molecule has 1 unspecified atom stereocenters. The zero-order valence-electron chi connectivity index (χ0n) is 14.6. The monoisotopic (exact) mass is 396 g/mol. The molecule has 3 heterocycles. The van der Waals surface area contributed by atoms with E-state index in [1.54, 1.807) is 59.0 Å². The molecule has 0 aliphatic heterocycles. The second kappa shape index (κ2) is 6.43. The molecule has 142 valence electrons. The van der Waals surface area contributed by atoms with Gasteiger partial charge in [-0.2, -0.15) is 0 Å². The van der Waals surface area contributed by atoms with Crippen molar-refractivity contribution in [2.24, 2.45) is 0 Å². The first-order chi connectivity index (χ1) is 13.6. The SMILES string of the molecule is O=C(O)Nc1ccc(-n2cc(C(O)c3c(C4CC4)sc4cncn34)nn2)cc1. The maximum atomic E-state index is 11.0. The Morgan fingerprint density at radius 1 is 1.29 bits per heavy atom. The summed E-state index contributed by atoms with van der Waals surface area (Å²) >= 11 is 1.66. The van der Waals surface area contributed by atoms with Gasteiger partial charge in [0.2, 0.25) is 0 Å². The van der Waals surface area contributed by atoms with Gasteiger partial charge in [-0.3, -0.25) is 9.72 Å². The number of anilines is 1. The molecule has 4 aromatic rings. The third-order valence-corrected chi connectivity index (χ3v) is 5.99. The summed E-state index contributed by atoms with van der Waals surface area (Å²) in [6.45, 7) is 0. The van der Waals surface area contributed by atoms with Crippen molar-refractivity contribution in [3.63, 3.8) is 0 Å². The fraction of sp³-hybridized carbons (Fsp3) is 0.222. The minimum absolute atomic E-state index is 0.447. The molecule has 1 aliphatic carbocycles. The number of aliphatic hydroxyl groups is 1. The standard InChI is InChI=1S/C18H16N6O3S/c25-16(15-17(10-1-2-10)28-14-7-19-9-23(14)15)13-8-24(22-21-13)12-5-3-11(4-6-12)20-18(26)27/h3-10,16,20,25H,1-2H2,(H,26,27). The van der Waals surface area contributed by atoms with Crippen molar-refractivity contribution in [3.05, 3.63) is 59.3 Å². The van der Waals surface area contributed by atoms with Crippen molar-refractivity contribution in [2.45, 2.75) is 24.9 Å². The summed E-state index contributed by atoms with van der Waals surface area (Å²) in [5.74, 6) is 0.499. The molecule has 1 atom stereocenters. The lowest BCUT2D eigenvalue weighted by Crippen LogP contribution is -2.07. The Bertz CT molecular complexity index is 1160. The molecule has 3 N–H and O–H groups in total. The van der Waals surface area contributed by atoms with Crippen LogP contribution in [0, 0.1) is 0 Å². The molecule has 0 radical (unpaired) electrons. The number of thiazole rings is 1. The minimum Gasteiger partial charge on any atom is -0.465 e. The first-order valence-corrected chi connectivity index (χ1v) is 9.57. The summed E-state index contributed by atoms with van der Waals surface area (Å²) < 4.78 is 3.48. The van der Waals surface area contributed by atoms with Crippen LogP contribution in [-0.2, 0) is 0 Å². The van der Waals surface area contributed by atoms with Crippen LogP contribution in [0.1, 0.15) is 41.1 Å². The maximum absolute atomic E-state index is 11.0. The summed E-state index contributed by atoms with van der Waals surface area (Å²) in [5.41, 5.74) is 2.44. The number of nitrogens with one attached hydrogen (secondary N) is 1. The van der Waals surface area contributed by atoms with E-state index in [0.29, 0.717) is 23.0 Å². The number of carbonyl (C=O) groups is 1. The number of hydrogen-bond acceptors (Lipinski definition) is 6. The largest absolute Gasteiger partial charge is 0.465 e. The Labute approximate surface area is 162 Å². The molecule has 1 saturated carbocycles. The zero-order chi connectivity index (χ0) is 19.3. The maximum Gasteiger partial charge on any atom is 0.409 e. The highest BCUT2D eigenvalue weighted by atomic mass is 32.1. The number of amides is 1. The van der Waals surface area contributed by atoms with Crippen molar-refractivity contribution in [2.75, 3.05) is 5.32 Å². The first-order valence-electron chi connectivity index (χ1n) is 8.75. The van der Waals surface area contributed by atoms with E-state index in [4.69, 9.17) is 5.11 Å². The predicted octanol–water partition coefficient (Wildman–Crippen LogP) is 3.03. The molecule has 1 aromatic carbocycles. The number of hydrogen-bond donors (Lipinski definition) is 3. The number of carboxylic acid groups (broad SMARTS) is 1. The van der Waals surface area contributed by atoms with E-state index in [9.17, 15) is 9.90 Å². The fourth-order valence-corrected chi connectivity index (χ4v) is 4.52. The normalized spacial score (nSPS) is 15.0. The van der Waals surface area contributed by atoms with E-state index in [1.165, 1.54) is 4.88 Å². The molecule has 10 heteroatoms. The third-order valence-electron chi connectivity index (χ3n) is 4.71. The quantitative estimate of drug-likeness (QED) is 0.477. The first kappa shape index (κ1) is 16.9. The van der Waals surface area contributed by atoms with E-state index in [-0.39, 0.29) is 0 Å². The molecule has 5 rings (SSSR count). The Hall–Kier alpha value is -3.24. The average molecular weight is 396 g/mol. The van der Waals surface area contributed by atoms with Gasteiger partial charge in [0.25, 0.3) is 0 Å². The predicted molar refractivity (Wildman–Crippen MR) is 102 cm³/mol. The van der Waals surface area contributed by atoms with E-state index in [2.05, 4.69) is 20.6 Å². The molecule has 3 aromatic heterocycles. The number of fused-ring (bicyclic) bond motifs is 1. The second-order valence-corrected chi connectivity index (χ2v) is 7.76. The van der Waals surface area contributed by atoms with Crippen molar-refractivity contribution < 1.29 is 15.0 Å². The van der Waals surface area contributed by atoms with Gasteiger partial charge in [-0.15, -0.1) is 16.4 Å². The summed E-state index contributed by atoms with van der Waals surface area (Å²) in [4.78, 5) is 17.1. The van der Waals surface area contributed by atoms with Crippen molar-refractivity contribution in [1.29, 1.82) is 0 Å². The number of imidazole rings is 1. The van der Waals surface area contributed by atoms with Gasteiger partial charge in [-0.1, -0.05) is 5.21 Å². The number of rotatable bonds is 5. The van der Waals surface area contributed by atoms with Crippen LogP contribution in [0.3, 0.4) is 0 Å². The molecule has 1 fully saturated rings. The smallest absolute Gasteiger partial charge is 0.409 e. The molecule has 9 nitrogen and oxygen atoms in total. The van der Waals surface area contributed by atoms with Crippen LogP contribution in [0.2, 0.25) is 0 Å². The molecular formula is C18H16N6O3S. The Morgan fingerprint density at radius 2 is 2.07 bits per heavy atom. The van der Waals surface area contributed by atoms with Crippen LogP contribution in [0.25, 0.3) is 10.5 Å². The number of benzene rings is 1. The summed E-state index contributed by atoms with van der Waals surface area (Å²) in [6.07, 6.45) is 5.46. The Morgan fingerprint density at radius 3 is 2.79 bits per heavy atom. The van der Waals surface area contributed by atoms with Crippen LogP contribution < -0.4 is 5.32 Å². The zero-order valence-corrected chi connectivity index (χ0v) is 15.4. The molecular weight excluding hydrogens is 380 g/mol. The number of aromatic nitrogens is 5. The van der Waals surface area contributed by atoms with Crippen LogP contribution in [0.5, 0.6) is 0 Å². The van der Waals surface area contributed by atoms with Crippen LogP contribution >= 0.6 is 11.3 Å². The van der Waals surface area contributed by atoms with E-state index >= 15 is 0 Å². The van der Waals surface area contributed by atoms with Gasteiger partial charge >= 0.3 is 6.09 Å². The van der Waals surface area contributed by atoms with Crippen molar-refractivity contribution in [3.8, 4) is 5.69 Å². The van der Waals surface area contributed by atoms with Gasteiger partial charge in [0.1, 0.15) is 23.0 Å². The lowest BCUT2D eigenvalue weighted by molar-refractivity contribution is 0.208. The fourth-order valence-electron chi connectivity index (χ4n) is 3.22. The van der Waals surface area contributed by atoms with Gasteiger partial charge in [-0.05, 0) is 43.0 Å². The van der Waals surface area contributed by atoms with Gasteiger partial charge in [0.15, 0.2) is 0 Å². The molecule has 28 heavy (non-hydrogen) atoms. The molecule has 0 saturated heterocycles. The molecule has 0 spiro atoms. The third kappa shape index (κ3) is 2.92. The lowest BCUT2D eigenvalue weighted by atomic mass is 10.1. The summed E-state index contributed by atoms with van der Waals surface area (Å²) in [7, 11) is 0. The highest BCUT2D eigenvalue weighted by Gasteiger charge is 2.33. The van der Waals surface area contributed by atoms with E-state index < -0.39 is 12.2 Å². The van der Waals surface area contributed by atoms with Crippen molar-refractivity contribution in [1.82, 2.24) is 24.4 Å². The van der Waals surface area contributed by atoms with Crippen molar-refractivity contribution >= 4 is 27.9 Å². The Balaban J connectivity index is 1.45. The van der Waals surface area contributed by atoms with Crippen LogP contribution in [-0.4, -0.2) is 40.7 Å². The van der Waals surface area contributed by atoms with E-state index in [0.717, 1.165) is 23.4 Å². The highest BCUT2D eigenvalue weighted by Crippen LogP contribution is 2.47. The lowest BCUT2D eigenvalue weighted by Gasteiger charge is -2.09. The minimum atomic E-state index is -1.12. The molecule has 1 amide bonds. The summed E-state index contributed by atoms with van der Waals surface area (Å²) in [6, 6.07) is 6.73. The van der Waals surface area contributed by atoms with Gasteiger partial charge in [0, 0.05) is 10.6 Å². The second-order valence-electron chi connectivity index (χ2n) is 6.70. The molecule has 0 bridgehead atoms. The number of aliphatic hydroxyl groups excluding tert-OH is 1. The van der Waals surface area contributed by atoms with Crippen LogP contribution in [0.4, 0.5) is 10.5 Å². The summed E-state index contributed by atoms with van der Waals surface area (Å²) in [5, 5.41) is 30.3. The molecule has 1 aliphatic rings. The topological polar surface area (TPSA) is 118 Å². The van der Waals surface area contributed by atoms with Gasteiger partial charge in [-0.25, -0.2) is 14.5 Å². The van der Waals surface area contributed by atoms with Gasteiger partial charge < -0.3 is 10.2 Å². The van der Waals surface area contributed by atoms with Crippen LogP contribution in [0.15, 0.2) is 43.0 Å².